The van der Waals surface area contributed by atoms with E-state index < -0.39 is 12.0 Å². The van der Waals surface area contributed by atoms with Crippen molar-refractivity contribution in [3.8, 4) is 0 Å². The molecule has 2 aliphatic heterocycles. The minimum absolute atomic E-state index is 0.0250. The van der Waals surface area contributed by atoms with Gasteiger partial charge < -0.3 is 14.8 Å². The van der Waals surface area contributed by atoms with Crippen molar-refractivity contribution in [1.82, 2.24) is 14.8 Å². The van der Waals surface area contributed by atoms with Gasteiger partial charge in [-0.05, 0) is 37.5 Å². The van der Waals surface area contributed by atoms with E-state index in [9.17, 15) is 4.79 Å². The molecular formula is C18H19ClN4O3. The van der Waals surface area contributed by atoms with Crippen molar-refractivity contribution in [1.29, 1.82) is 0 Å². The van der Waals surface area contributed by atoms with E-state index in [1.165, 1.54) is 6.33 Å². The zero-order chi connectivity index (χ0) is 18.1. The second-order valence-corrected chi connectivity index (χ2v) is 6.82. The van der Waals surface area contributed by atoms with Gasteiger partial charge in [0, 0.05) is 17.3 Å². The highest BCUT2D eigenvalue weighted by molar-refractivity contribution is 6.30. The fourth-order valence-electron chi connectivity index (χ4n) is 3.36. The monoisotopic (exact) mass is 374 g/mol. The summed E-state index contributed by atoms with van der Waals surface area (Å²) in [5.41, 5.74) is 2.02. The van der Waals surface area contributed by atoms with Gasteiger partial charge in [0.2, 0.25) is 5.95 Å². The molecule has 26 heavy (non-hydrogen) atoms. The van der Waals surface area contributed by atoms with Crippen LogP contribution in [0.4, 0.5) is 5.95 Å². The first kappa shape index (κ1) is 17.1. The second kappa shape index (κ2) is 7.09. The molecule has 2 aliphatic rings. The summed E-state index contributed by atoms with van der Waals surface area (Å²) < 4.78 is 12.8. The molecule has 0 bridgehead atoms. The first-order valence-electron chi connectivity index (χ1n) is 8.55. The van der Waals surface area contributed by atoms with Crippen molar-refractivity contribution < 1.29 is 14.3 Å². The normalized spacial score (nSPS) is 22.1. The maximum absolute atomic E-state index is 12.9. The molecule has 1 fully saturated rings. The van der Waals surface area contributed by atoms with E-state index in [1.807, 2.05) is 25.1 Å². The molecule has 1 aromatic carbocycles. The van der Waals surface area contributed by atoms with Gasteiger partial charge in [0.25, 0.3) is 0 Å². The third-order valence-corrected chi connectivity index (χ3v) is 4.84. The van der Waals surface area contributed by atoms with E-state index in [0.717, 1.165) is 25.0 Å². The average Bonchev–Trinajstić information content (AvgIpc) is 3.29. The zero-order valence-corrected chi connectivity index (χ0v) is 15.1. The van der Waals surface area contributed by atoms with Crippen molar-refractivity contribution in [2.24, 2.45) is 0 Å². The highest BCUT2D eigenvalue weighted by Crippen LogP contribution is 2.36. The number of ether oxygens (including phenoxy) is 2. The van der Waals surface area contributed by atoms with Crippen LogP contribution in [-0.4, -0.2) is 40.1 Å². The van der Waals surface area contributed by atoms with Gasteiger partial charge in [-0.25, -0.2) is 9.48 Å². The fraction of sp³-hybridized carbons (Fsp3) is 0.389. The second-order valence-electron chi connectivity index (χ2n) is 6.38. The number of carbonyl (C=O) groups excluding carboxylic acids is 1. The first-order chi connectivity index (χ1) is 12.6. The Morgan fingerprint density at radius 1 is 1.50 bits per heavy atom. The van der Waals surface area contributed by atoms with Gasteiger partial charge in [-0.1, -0.05) is 23.7 Å². The molecular weight excluding hydrogens is 356 g/mol. The molecule has 1 saturated heterocycles. The SMILES string of the molecule is CC1=C(C(=O)OCC2CCCO2)C(c2cccc(Cl)c2)n2ncnc2N1. The minimum Gasteiger partial charge on any atom is -0.459 e. The third kappa shape index (κ3) is 3.20. The van der Waals surface area contributed by atoms with E-state index in [1.54, 1.807) is 10.7 Å². The Labute approximate surface area is 156 Å². The van der Waals surface area contributed by atoms with E-state index >= 15 is 0 Å². The molecule has 4 rings (SSSR count). The predicted octanol–water partition coefficient (Wildman–Crippen LogP) is 2.94. The number of allylic oxidation sites excluding steroid dienone is 1. The van der Waals surface area contributed by atoms with E-state index in [2.05, 4.69) is 15.4 Å². The number of esters is 1. The molecule has 1 N–H and O–H groups in total. The summed E-state index contributed by atoms with van der Waals surface area (Å²) in [6.45, 7) is 2.80. The number of nitrogens with zero attached hydrogens (tertiary/aromatic N) is 3. The summed E-state index contributed by atoms with van der Waals surface area (Å²) >= 11 is 6.17. The molecule has 2 atom stereocenters. The molecule has 0 aliphatic carbocycles. The van der Waals surface area contributed by atoms with Gasteiger partial charge in [0.15, 0.2) is 0 Å². The van der Waals surface area contributed by atoms with Gasteiger partial charge in [0.1, 0.15) is 19.0 Å². The Bertz CT molecular complexity index is 858. The number of rotatable bonds is 4. The number of hydrogen-bond donors (Lipinski definition) is 1. The Balaban J connectivity index is 1.66. The van der Waals surface area contributed by atoms with Gasteiger partial charge >= 0.3 is 5.97 Å². The molecule has 1 aromatic heterocycles. The third-order valence-electron chi connectivity index (χ3n) is 4.60. The maximum atomic E-state index is 12.9. The van der Waals surface area contributed by atoms with Crippen LogP contribution in [0.3, 0.4) is 0 Å². The molecule has 0 saturated carbocycles. The number of aromatic nitrogens is 3. The van der Waals surface area contributed by atoms with Crippen molar-refractivity contribution in [3.05, 3.63) is 52.4 Å². The standard InChI is InChI=1S/C18H19ClN4O3/c1-11-15(17(24)26-9-14-6-3-7-25-14)16(12-4-2-5-13(19)8-12)23-18(22-11)20-10-21-23/h2,4-5,8,10,14,16H,3,6-7,9H2,1H3,(H,20,21,22). The number of carbonyl (C=O) groups is 1. The van der Waals surface area contributed by atoms with Crippen LogP contribution >= 0.6 is 11.6 Å². The summed E-state index contributed by atoms with van der Waals surface area (Å²) in [7, 11) is 0. The van der Waals surface area contributed by atoms with Crippen molar-refractivity contribution in [2.45, 2.75) is 31.9 Å². The Hall–Kier alpha value is -2.38. The number of halogens is 1. The summed E-state index contributed by atoms with van der Waals surface area (Å²) in [5.74, 6) is 0.180. The number of fused-ring (bicyclic) bond motifs is 1. The van der Waals surface area contributed by atoms with Gasteiger partial charge in [0.05, 0.1) is 11.7 Å². The molecule has 0 spiro atoms. The summed E-state index contributed by atoms with van der Waals surface area (Å²) in [6.07, 6.45) is 3.34. The highest BCUT2D eigenvalue weighted by Gasteiger charge is 2.34. The van der Waals surface area contributed by atoms with Crippen LogP contribution in [0, 0.1) is 0 Å². The number of nitrogens with one attached hydrogen (secondary N) is 1. The number of hydrogen-bond acceptors (Lipinski definition) is 6. The van der Waals surface area contributed by atoms with E-state index in [0.29, 0.717) is 22.2 Å². The van der Waals surface area contributed by atoms with Crippen molar-refractivity contribution in [2.75, 3.05) is 18.5 Å². The molecule has 8 heteroatoms. The summed E-state index contributed by atoms with van der Waals surface area (Å²) in [4.78, 5) is 17.1. The first-order valence-corrected chi connectivity index (χ1v) is 8.93. The molecule has 3 heterocycles. The molecule has 2 aromatic rings. The largest absolute Gasteiger partial charge is 0.459 e. The van der Waals surface area contributed by atoms with Crippen LogP contribution in [0.1, 0.15) is 31.4 Å². The van der Waals surface area contributed by atoms with Gasteiger partial charge in [-0.15, -0.1) is 0 Å². The maximum Gasteiger partial charge on any atom is 0.338 e. The van der Waals surface area contributed by atoms with Crippen molar-refractivity contribution >= 4 is 23.5 Å². The van der Waals surface area contributed by atoms with Gasteiger partial charge in [-0.3, -0.25) is 0 Å². The number of benzene rings is 1. The number of anilines is 1. The minimum atomic E-state index is -0.454. The lowest BCUT2D eigenvalue weighted by atomic mass is 9.96. The summed E-state index contributed by atoms with van der Waals surface area (Å²) in [6, 6.07) is 6.92. The highest BCUT2D eigenvalue weighted by atomic mass is 35.5. The lowest BCUT2D eigenvalue weighted by Crippen LogP contribution is -2.30. The molecule has 0 radical (unpaired) electrons. The topological polar surface area (TPSA) is 78.3 Å². The molecule has 2 unspecified atom stereocenters. The average molecular weight is 375 g/mol. The van der Waals surface area contributed by atoms with Crippen LogP contribution in [0.5, 0.6) is 0 Å². The Kier molecular flexibility index (Phi) is 4.65. The van der Waals surface area contributed by atoms with Crippen LogP contribution in [0.2, 0.25) is 5.02 Å². The van der Waals surface area contributed by atoms with Crippen LogP contribution in [-0.2, 0) is 14.3 Å². The van der Waals surface area contributed by atoms with Gasteiger partial charge in [-0.2, -0.15) is 10.1 Å². The molecule has 0 amide bonds. The Morgan fingerprint density at radius 3 is 3.15 bits per heavy atom. The summed E-state index contributed by atoms with van der Waals surface area (Å²) in [5, 5.41) is 7.99. The molecule has 7 nitrogen and oxygen atoms in total. The van der Waals surface area contributed by atoms with E-state index in [-0.39, 0.29) is 12.7 Å². The molecule has 136 valence electrons. The fourth-order valence-corrected chi connectivity index (χ4v) is 3.56. The van der Waals surface area contributed by atoms with Crippen molar-refractivity contribution in [3.63, 3.8) is 0 Å². The zero-order valence-electron chi connectivity index (χ0n) is 14.3. The smallest absolute Gasteiger partial charge is 0.338 e. The van der Waals surface area contributed by atoms with Crippen LogP contribution in [0.15, 0.2) is 41.9 Å². The van der Waals surface area contributed by atoms with Crippen LogP contribution in [0.25, 0.3) is 0 Å². The lowest BCUT2D eigenvalue weighted by Gasteiger charge is -2.28. The van der Waals surface area contributed by atoms with Crippen LogP contribution < -0.4 is 5.32 Å². The quantitative estimate of drug-likeness (QED) is 0.829. The lowest BCUT2D eigenvalue weighted by molar-refractivity contribution is -0.142. The predicted molar refractivity (Wildman–Crippen MR) is 95.9 cm³/mol. The van der Waals surface area contributed by atoms with E-state index in [4.69, 9.17) is 21.1 Å². The Morgan fingerprint density at radius 2 is 2.38 bits per heavy atom.